The van der Waals surface area contributed by atoms with E-state index in [1.165, 1.54) is 4.68 Å². The van der Waals surface area contributed by atoms with Gasteiger partial charge >= 0.3 is 0 Å². The van der Waals surface area contributed by atoms with Crippen molar-refractivity contribution < 1.29 is 0 Å². The molecule has 0 aliphatic rings. The molecule has 0 saturated carbocycles. The van der Waals surface area contributed by atoms with Crippen molar-refractivity contribution in [2.24, 2.45) is 15.8 Å². The highest BCUT2D eigenvalue weighted by atomic mass is 15.4. The van der Waals surface area contributed by atoms with Crippen molar-refractivity contribution in [2.45, 2.75) is 0 Å². The summed E-state index contributed by atoms with van der Waals surface area (Å²) >= 11 is 0. The summed E-state index contributed by atoms with van der Waals surface area (Å²) in [5.41, 5.74) is 11.4. The molecule has 0 bridgehead atoms. The molecular weight excluding hydrogens is 154 g/mol. The summed E-state index contributed by atoms with van der Waals surface area (Å²) in [5.74, 6) is 0.486. The smallest absolute Gasteiger partial charge is 0.152 e. The summed E-state index contributed by atoms with van der Waals surface area (Å²) in [7, 11) is 0. The van der Waals surface area contributed by atoms with Crippen molar-refractivity contribution in [3.05, 3.63) is 23.7 Å². The van der Waals surface area contributed by atoms with Gasteiger partial charge in [-0.1, -0.05) is 6.07 Å². The van der Waals surface area contributed by atoms with E-state index in [1.807, 2.05) is 0 Å². The predicted molar refractivity (Wildman–Crippen MR) is 48.4 cm³/mol. The van der Waals surface area contributed by atoms with E-state index in [1.54, 1.807) is 18.2 Å². The van der Waals surface area contributed by atoms with Crippen LogP contribution in [0.2, 0.25) is 0 Å². The summed E-state index contributed by atoms with van der Waals surface area (Å²) in [6, 6.07) is 5.26. The third kappa shape index (κ3) is 1.51. The van der Waals surface area contributed by atoms with E-state index in [-0.39, 0.29) is 6.67 Å². The molecule has 0 unspecified atom stereocenters. The van der Waals surface area contributed by atoms with Crippen LogP contribution in [0.3, 0.4) is 0 Å². The summed E-state index contributed by atoms with van der Waals surface area (Å²) in [5, 5.41) is 3.68. The lowest BCUT2D eigenvalue weighted by atomic mass is 10.4. The third-order valence-electron chi connectivity index (χ3n) is 1.37. The van der Waals surface area contributed by atoms with Gasteiger partial charge < -0.3 is 11.5 Å². The molecule has 1 aromatic heterocycles. The fourth-order valence-electron chi connectivity index (χ4n) is 0.874. The minimum Gasteiger partial charge on any atom is -0.384 e. The first-order valence-electron chi connectivity index (χ1n) is 3.44. The lowest BCUT2D eigenvalue weighted by Gasteiger charge is -2.02. The average molecular weight is 165 g/mol. The largest absolute Gasteiger partial charge is 0.384 e. The molecule has 0 saturated heterocycles. The van der Waals surface area contributed by atoms with E-state index < -0.39 is 0 Å². The van der Waals surface area contributed by atoms with Crippen LogP contribution in [0.1, 0.15) is 0 Å². The Morgan fingerprint density at radius 1 is 1.50 bits per heavy atom. The van der Waals surface area contributed by atoms with Crippen molar-refractivity contribution in [1.29, 1.82) is 0 Å². The second kappa shape index (κ2) is 3.68. The standard InChI is InChI=1S/C7H11N5/c1-10-12-6(9)3-2-4-7(12)11-5-8/h2-4H,1,5,8-9H2. The van der Waals surface area contributed by atoms with Crippen molar-refractivity contribution in [3.63, 3.8) is 0 Å². The summed E-state index contributed by atoms with van der Waals surface area (Å²) < 4.78 is 1.42. The molecule has 0 fully saturated rings. The van der Waals surface area contributed by atoms with Gasteiger partial charge in [0.2, 0.25) is 0 Å². The molecule has 0 atom stereocenters. The van der Waals surface area contributed by atoms with Crippen molar-refractivity contribution in [3.8, 4) is 0 Å². The van der Waals surface area contributed by atoms with Crippen LogP contribution in [0.15, 0.2) is 28.3 Å². The highest BCUT2D eigenvalue weighted by molar-refractivity contribution is 5.31. The predicted octanol–water partition coefficient (Wildman–Crippen LogP) is -0.649. The SMILES string of the molecule is C=Nn1c(N)cccc1=NCN. The normalized spacial score (nSPS) is 11.6. The number of pyridine rings is 1. The van der Waals surface area contributed by atoms with Crippen molar-refractivity contribution >= 4 is 12.5 Å². The van der Waals surface area contributed by atoms with Crippen molar-refractivity contribution in [1.82, 2.24) is 4.68 Å². The van der Waals surface area contributed by atoms with Gasteiger partial charge in [0.15, 0.2) is 5.49 Å². The van der Waals surface area contributed by atoms with Gasteiger partial charge in [-0.25, -0.2) is 4.68 Å². The van der Waals surface area contributed by atoms with E-state index in [0.29, 0.717) is 11.3 Å². The summed E-state index contributed by atoms with van der Waals surface area (Å²) in [4.78, 5) is 3.97. The quantitative estimate of drug-likeness (QED) is 0.571. The topological polar surface area (TPSA) is 81.7 Å². The minimum atomic E-state index is 0.207. The third-order valence-corrected chi connectivity index (χ3v) is 1.37. The molecule has 0 radical (unpaired) electrons. The van der Waals surface area contributed by atoms with E-state index >= 15 is 0 Å². The number of hydrogen-bond acceptors (Lipinski definition) is 4. The fraction of sp³-hybridized carbons (Fsp3) is 0.143. The number of anilines is 1. The van der Waals surface area contributed by atoms with Crippen LogP contribution < -0.4 is 17.0 Å². The van der Waals surface area contributed by atoms with Gasteiger partial charge in [-0.2, -0.15) is 5.10 Å². The van der Waals surface area contributed by atoms with Crippen LogP contribution in [0.5, 0.6) is 0 Å². The van der Waals surface area contributed by atoms with Crippen LogP contribution >= 0.6 is 0 Å². The Bertz CT molecular complexity index is 338. The number of nitrogen functional groups attached to an aromatic ring is 1. The molecule has 64 valence electrons. The zero-order valence-corrected chi connectivity index (χ0v) is 6.64. The average Bonchev–Trinajstić information content (AvgIpc) is 2.05. The second-order valence-electron chi connectivity index (χ2n) is 2.10. The van der Waals surface area contributed by atoms with E-state index in [9.17, 15) is 0 Å². The molecule has 5 nitrogen and oxygen atoms in total. The Labute approximate surface area is 70.0 Å². The molecule has 1 rings (SSSR count). The number of rotatable bonds is 2. The Hall–Kier alpha value is -1.62. The van der Waals surface area contributed by atoms with Gasteiger partial charge in [0.05, 0.1) is 6.67 Å². The zero-order valence-electron chi connectivity index (χ0n) is 6.64. The first kappa shape index (κ1) is 8.48. The highest BCUT2D eigenvalue weighted by Gasteiger charge is 1.92. The molecule has 5 heteroatoms. The zero-order chi connectivity index (χ0) is 8.97. The van der Waals surface area contributed by atoms with Gasteiger partial charge in [-0.15, -0.1) is 0 Å². The molecule has 0 aliphatic carbocycles. The van der Waals surface area contributed by atoms with Gasteiger partial charge in [0.1, 0.15) is 5.82 Å². The van der Waals surface area contributed by atoms with E-state index in [2.05, 4.69) is 16.8 Å². The first-order valence-corrected chi connectivity index (χ1v) is 3.44. The molecule has 4 N–H and O–H groups in total. The molecule has 1 aromatic rings. The van der Waals surface area contributed by atoms with E-state index in [4.69, 9.17) is 11.5 Å². The van der Waals surface area contributed by atoms with Crippen LogP contribution in [-0.4, -0.2) is 18.1 Å². The highest BCUT2D eigenvalue weighted by Crippen LogP contribution is 1.94. The maximum atomic E-state index is 5.59. The number of nitrogens with zero attached hydrogens (tertiary/aromatic N) is 3. The molecule has 0 aliphatic heterocycles. The monoisotopic (exact) mass is 165 g/mol. The number of nitrogens with two attached hydrogens (primary N) is 2. The number of aromatic nitrogens is 1. The molecule has 12 heavy (non-hydrogen) atoms. The van der Waals surface area contributed by atoms with Gasteiger partial charge in [0, 0.05) is 6.72 Å². The van der Waals surface area contributed by atoms with Gasteiger partial charge in [-0.3, -0.25) is 4.99 Å². The lowest BCUT2D eigenvalue weighted by Crippen LogP contribution is -2.20. The Morgan fingerprint density at radius 3 is 2.83 bits per heavy atom. The Kier molecular flexibility index (Phi) is 2.60. The van der Waals surface area contributed by atoms with Crippen LogP contribution in [0.25, 0.3) is 0 Å². The van der Waals surface area contributed by atoms with Crippen LogP contribution in [0.4, 0.5) is 5.82 Å². The minimum absolute atomic E-state index is 0.207. The lowest BCUT2D eigenvalue weighted by molar-refractivity contribution is 0.799. The van der Waals surface area contributed by atoms with Gasteiger partial charge in [0.25, 0.3) is 0 Å². The summed E-state index contributed by atoms with van der Waals surface area (Å²) in [6.07, 6.45) is 0. The molecule has 0 amide bonds. The Balaban J connectivity index is 3.37. The number of hydrogen-bond donors (Lipinski definition) is 2. The first-order chi connectivity index (χ1) is 5.79. The fourth-order valence-corrected chi connectivity index (χ4v) is 0.874. The summed E-state index contributed by atoms with van der Waals surface area (Å²) in [6.45, 7) is 3.57. The maximum absolute atomic E-state index is 5.59. The molecule has 1 heterocycles. The Morgan fingerprint density at radius 2 is 2.25 bits per heavy atom. The van der Waals surface area contributed by atoms with Crippen LogP contribution in [0, 0.1) is 0 Å². The van der Waals surface area contributed by atoms with Gasteiger partial charge in [-0.05, 0) is 12.1 Å². The molecule has 0 spiro atoms. The van der Waals surface area contributed by atoms with Crippen LogP contribution in [-0.2, 0) is 0 Å². The maximum Gasteiger partial charge on any atom is 0.152 e. The van der Waals surface area contributed by atoms with E-state index in [0.717, 1.165) is 0 Å². The molecule has 0 aromatic carbocycles. The molecular formula is C7H11N5. The van der Waals surface area contributed by atoms with Crippen molar-refractivity contribution in [2.75, 3.05) is 12.4 Å². The second-order valence-corrected chi connectivity index (χ2v) is 2.10.